The third-order valence-electron chi connectivity index (χ3n) is 4.29. The van der Waals surface area contributed by atoms with Crippen molar-refractivity contribution in [3.8, 4) is 0 Å². The molecule has 1 aliphatic rings. The highest BCUT2D eigenvalue weighted by Gasteiger charge is 2.23. The Morgan fingerprint density at radius 1 is 0.958 bits per heavy atom. The second-order valence-electron chi connectivity index (χ2n) is 5.93. The largest absolute Gasteiger partial charge is 1.00 e. The van der Waals surface area contributed by atoms with Gasteiger partial charge in [0.25, 0.3) is 5.91 Å². The van der Waals surface area contributed by atoms with Gasteiger partial charge in [0.2, 0.25) is 0 Å². The molecule has 1 heterocycles. The number of carbonyl (C=O) groups excluding carboxylic acids is 1. The van der Waals surface area contributed by atoms with E-state index in [4.69, 9.17) is 0 Å². The average molecular weight is 343 g/mol. The van der Waals surface area contributed by atoms with Crippen LogP contribution in [0.3, 0.4) is 0 Å². The number of benzene rings is 2. The number of halogens is 1. The highest BCUT2D eigenvalue weighted by Crippen LogP contribution is 2.04. The van der Waals surface area contributed by atoms with Gasteiger partial charge in [-0.1, -0.05) is 54.6 Å². The predicted molar refractivity (Wildman–Crippen MR) is 93.4 cm³/mol. The van der Waals surface area contributed by atoms with Crippen LogP contribution in [0, 0.1) is 0 Å². The first-order valence-electron chi connectivity index (χ1n) is 8.22. The van der Waals surface area contributed by atoms with Crippen molar-refractivity contribution >= 4 is 12.0 Å². The van der Waals surface area contributed by atoms with Crippen molar-refractivity contribution in [2.45, 2.75) is 0 Å². The minimum absolute atomic E-state index is 0. The summed E-state index contributed by atoms with van der Waals surface area (Å²) in [5, 5.41) is 0. The number of amides is 1. The van der Waals surface area contributed by atoms with Crippen LogP contribution in [0.1, 0.15) is 15.9 Å². The fourth-order valence-corrected chi connectivity index (χ4v) is 2.92. The SMILES string of the molecule is O=C(c1ccccc1)N1CC[NH+](C/C=C/c2ccccc2)CC1.[Cl-]. The van der Waals surface area contributed by atoms with E-state index in [0.717, 1.165) is 38.3 Å². The van der Waals surface area contributed by atoms with Gasteiger partial charge in [0.15, 0.2) is 0 Å². The lowest BCUT2D eigenvalue weighted by molar-refractivity contribution is -0.898. The molecular weight excluding hydrogens is 320 g/mol. The molecule has 1 fully saturated rings. The molecule has 0 saturated carbocycles. The molecule has 3 nitrogen and oxygen atoms in total. The van der Waals surface area contributed by atoms with E-state index in [1.54, 1.807) is 0 Å². The van der Waals surface area contributed by atoms with Gasteiger partial charge < -0.3 is 22.2 Å². The molecule has 0 radical (unpaired) electrons. The molecule has 2 aromatic carbocycles. The smallest absolute Gasteiger partial charge is 0.254 e. The van der Waals surface area contributed by atoms with Crippen LogP contribution in [0.2, 0.25) is 0 Å². The van der Waals surface area contributed by atoms with E-state index >= 15 is 0 Å². The number of hydrogen-bond acceptors (Lipinski definition) is 1. The summed E-state index contributed by atoms with van der Waals surface area (Å²) in [5.41, 5.74) is 2.03. The highest BCUT2D eigenvalue weighted by atomic mass is 35.5. The van der Waals surface area contributed by atoms with Crippen LogP contribution in [0.5, 0.6) is 0 Å². The lowest BCUT2D eigenvalue weighted by Gasteiger charge is -2.31. The molecule has 1 amide bonds. The van der Waals surface area contributed by atoms with Crippen molar-refractivity contribution in [3.05, 3.63) is 77.9 Å². The summed E-state index contributed by atoms with van der Waals surface area (Å²) in [6.45, 7) is 4.71. The fourth-order valence-electron chi connectivity index (χ4n) is 2.92. The molecule has 0 atom stereocenters. The monoisotopic (exact) mass is 342 g/mol. The van der Waals surface area contributed by atoms with Gasteiger partial charge in [-0.2, -0.15) is 0 Å². The minimum atomic E-state index is 0. The summed E-state index contributed by atoms with van der Waals surface area (Å²) in [4.78, 5) is 15.9. The summed E-state index contributed by atoms with van der Waals surface area (Å²) in [6, 6.07) is 19.9. The van der Waals surface area contributed by atoms with E-state index in [-0.39, 0.29) is 18.3 Å². The molecule has 0 unspecified atom stereocenters. The van der Waals surface area contributed by atoms with E-state index < -0.39 is 0 Å². The quantitative estimate of drug-likeness (QED) is 0.737. The number of rotatable bonds is 4. The van der Waals surface area contributed by atoms with E-state index in [0.29, 0.717) is 0 Å². The van der Waals surface area contributed by atoms with Crippen LogP contribution in [0.25, 0.3) is 6.08 Å². The van der Waals surface area contributed by atoms with Gasteiger partial charge in [-0.25, -0.2) is 0 Å². The summed E-state index contributed by atoms with van der Waals surface area (Å²) in [7, 11) is 0. The van der Waals surface area contributed by atoms with Gasteiger partial charge in [-0.3, -0.25) is 4.79 Å². The summed E-state index contributed by atoms with van der Waals surface area (Å²) in [6.07, 6.45) is 4.41. The molecule has 1 aliphatic heterocycles. The fraction of sp³-hybridized carbons (Fsp3) is 0.250. The molecule has 0 aliphatic carbocycles. The van der Waals surface area contributed by atoms with Crippen molar-refractivity contribution in [1.82, 2.24) is 4.90 Å². The lowest BCUT2D eigenvalue weighted by atomic mass is 10.2. The Balaban J connectivity index is 0.00000208. The number of carbonyl (C=O) groups is 1. The molecule has 0 aromatic heterocycles. The standard InChI is InChI=1S/C20H22N2O.ClH/c23-20(19-11-5-2-6-12-19)22-16-14-21(15-17-22)13-7-10-18-8-3-1-4-9-18;/h1-12H,13-17H2;1H/b10-7+;. The van der Waals surface area contributed by atoms with Crippen molar-refractivity contribution in [2.24, 2.45) is 0 Å². The van der Waals surface area contributed by atoms with Gasteiger partial charge in [-0.15, -0.1) is 0 Å². The van der Waals surface area contributed by atoms with Crippen molar-refractivity contribution < 1.29 is 22.1 Å². The Kier molecular flexibility index (Phi) is 7.04. The van der Waals surface area contributed by atoms with E-state index in [1.165, 1.54) is 10.5 Å². The summed E-state index contributed by atoms with van der Waals surface area (Å²) < 4.78 is 0. The van der Waals surface area contributed by atoms with Crippen LogP contribution in [0.4, 0.5) is 0 Å². The number of piperazine rings is 1. The lowest BCUT2D eigenvalue weighted by Crippen LogP contribution is -3.14. The molecule has 0 spiro atoms. The van der Waals surface area contributed by atoms with Crippen molar-refractivity contribution in [2.75, 3.05) is 32.7 Å². The Morgan fingerprint density at radius 2 is 1.54 bits per heavy atom. The van der Waals surface area contributed by atoms with Gasteiger partial charge in [-0.05, 0) is 23.8 Å². The number of nitrogens with zero attached hydrogens (tertiary/aromatic N) is 1. The Labute approximate surface area is 150 Å². The molecule has 4 heteroatoms. The maximum Gasteiger partial charge on any atom is 0.254 e. The van der Waals surface area contributed by atoms with Crippen LogP contribution < -0.4 is 17.3 Å². The Hall–Kier alpha value is -2.10. The zero-order chi connectivity index (χ0) is 15.9. The minimum Gasteiger partial charge on any atom is -1.00 e. The molecular formula is C20H23ClN2O. The molecule has 2 aromatic rings. The molecule has 24 heavy (non-hydrogen) atoms. The molecule has 0 bridgehead atoms. The maximum atomic E-state index is 12.4. The van der Waals surface area contributed by atoms with Gasteiger partial charge in [0.05, 0.1) is 32.7 Å². The normalized spacial score (nSPS) is 15.2. The summed E-state index contributed by atoms with van der Waals surface area (Å²) >= 11 is 0. The van der Waals surface area contributed by atoms with E-state index in [1.807, 2.05) is 41.3 Å². The van der Waals surface area contributed by atoms with Crippen LogP contribution >= 0.6 is 0 Å². The first-order valence-corrected chi connectivity index (χ1v) is 8.22. The van der Waals surface area contributed by atoms with E-state index in [9.17, 15) is 4.79 Å². The Morgan fingerprint density at radius 3 is 2.17 bits per heavy atom. The zero-order valence-electron chi connectivity index (χ0n) is 13.7. The third kappa shape index (κ3) is 4.95. The molecule has 126 valence electrons. The van der Waals surface area contributed by atoms with E-state index in [2.05, 4.69) is 36.4 Å². The summed E-state index contributed by atoms with van der Waals surface area (Å²) in [5.74, 6) is 0.157. The topological polar surface area (TPSA) is 24.8 Å². The molecule has 3 rings (SSSR count). The van der Waals surface area contributed by atoms with Gasteiger partial charge in [0, 0.05) is 5.56 Å². The van der Waals surface area contributed by atoms with Crippen molar-refractivity contribution in [3.63, 3.8) is 0 Å². The van der Waals surface area contributed by atoms with Crippen molar-refractivity contribution in [1.29, 1.82) is 0 Å². The highest BCUT2D eigenvalue weighted by molar-refractivity contribution is 5.94. The second-order valence-corrected chi connectivity index (χ2v) is 5.93. The van der Waals surface area contributed by atoms with Crippen LogP contribution in [-0.4, -0.2) is 43.5 Å². The first kappa shape index (κ1) is 18.2. The van der Waals surface area contributed by atoms with Crippen LogP contribution in [-0.2, 0) is 0 Å². The zero-order valence-corrected chi connectivity index (χ0v) is 14.5. The maximum absolute atomic E-state index is 12.4. The molecule has 1 N–H and O–H groups in total. The number of hydrogen-bond donors (Lipinski definition) is 1. The first-order chi connectivity index (χ1) is 11.3. The molecule has 1 saturated heterocycles. The number of quaternary nitrogens is 1. The Bertz CT molecular complexity index is 650. The average Bonchev–Trinajstić information content (AvgIpc) is 2.63. The number of nitrogens with one attached hydrogen (secondary N) is 1. The van der Waals surface area contributed by atoms with Gasteiger partial charge >= 0.3 is 0 Å². The van der Waals surface area contributed by atoms with Gasteiger partial charge in [0.1, 0.15) is 0 Å². The second kappa shape index (κ2) is 9.26. The predicted octanol–water partition coefficient (Wildman–Crippen LogP) is -1.26. The van der Waals surface area contributed by atoms with Crippen LogP contribution in [0.15, 0.2) is 66.7 Å². The third-order valence-corrected chi connectivity index (χ3v) is 4.29.